The van der Waals surface area contributed by atoms with Crippen molar-refractivity contribution in [2.24, 2.45) is 23.7 Å². The molecule has 1 unspecified atom stereocenters. The van der Waals surface area contributed by atoms with E-state index in [0.29, 0.717) is 6.29 Å². The number of methoxy groups -OCH3 is 1. The molecule has 0 fully saturated rings. The maximum atomic E-state index is 13.6. The van der Waals surface area contributed by atoms with Crippen LogP contribution in [0.15, 0.2) is 42.6 Å². The molecule has 2 rings (SSSR count). The number of hydrogen-bond donors (Lipinski definition) is 3. The molecule has 2 aromatic rings. The number of amides is 1. The molecule has 3 N–H and O–H groups in total. The van der Waals surface area contributed by atoms with Crippen LogP contribution in [0.1, 0.15) is 57.1 Å². The largest absolute Gasteiger partial charge is 0.493 e. The van der Waals surface area contributed by atoms with E-state index < -0.39 is 79.0 Å². The number of ether oxygens (including phenoxy) is 4. The second kappa shape index (κ2) is 18.6. The van der Waals surface area contributed by atoms with Crippen LogP contribution in [-0.4, -0.2) is 83.9 Å². The molecule has 0 saturated heterocycles. The summed E-state index contributed by atoms with van der Waals surface area (Å²) in [5.74, 6) is -5.99. The summed E-state index contributed by atoms with van der Waals surface area (Å²) in [7, 11) is 1.33. The Hall–Kier alpha value is -4.36. The average molecular weight is 645 g/mol. The molecule has 1 heterocycles. The van der Waals surface area contributed by atoms with Gasteiger partial charge in [0.2, 0.25) is 6.79 Å². The van der Waals surface area contributed by atoms with Crippen LogP contribution in [0.25, 0.3) is 0 Å². The topological polar surface area (TPSA) is 188 Å². The normalized spacial score (nSPS) is 14.4. The third-order valence-corrected chi connectivity index (χ3v) is 7.19. The van der Waals surface area contributed by atoms with Gasteiger partial charge in [-0.3, -0.25) is 19.2 Å². The van der Waals surface area contributed by atoms with Gasteiger partial charge < -0.3 is 39.3 Å². The van der Waals surface area contributed by atoms with Gasteiger partial charge in [0.25, 0.3) is 5.91 Å². The number of hydrogen-bond acceptors (Lipinski definition) is 12. The molecule has 0 spiro atoms. The molecule has 5 atom stereocenters. The van der Waals surface area contributed by atoms with E-state index in [4.69, 9.17) is 18.9 Å². The van der Waals surface area contributed by atoms with Crippen LogP contribution in [-0.2, 0) is 35.1 Å². The second-order valence-electron chi connectivity index (χ2n) is 11.4. The zero-order valence-electron chi connectivity index (χ0n) is 27.0. The Morgan fingerprint density at radius 3 is 2.20 bits per heavy atom. The number of pyridine rings is 1. The van der Waals surface area contributed by atoms with Gasteiger partial charge >= 0.3 is 11.9 Å². The van der Waals surface area contributed by atoms with Gasteiger partial charge in [-0.25, -0.2) is 4.98 Å². The van der Waals surface area contributed by atoms with Crippen molar-refractivity contribution in [3.63, 3.8) is 0 Å². The Morgan fingerprint density at radius 2 is 1.63 bits per heavy atom. The molecule has 0 aliphatic heterocycles. The van der Waals surface area contributed by atoms with Gasteiger partial charge in [0, 0.05) is 24.8 Å². The SMILES string of the molecule is COc1ccnc(C(=O)N[C@@H](CCO)C(=O)C(O)[C@H](C)[C@@H](OC(=O)C(C)C)[C@H](C=O)Cc2ccccc2)c1OCOC(=O)C(C)C. The van der Waals surface area contributed by atoms with Gasteiger partial charge in [-0.1, -0.05) is 65.0 Å². The Balaban J connectivity index is 2.33. The number of ketones is 1. The smallest absolute Gasteiger partial charge is 0.311 e. The average Bonchev–Trinajstić information content (AvgIpc) is 3.05. The molecule has 13 heteroatoms. The van der Waals surface area contributed by atoms with Crippen LogP contribution in [0, 0.1) is 23.7 Å². The minimum atomic E-state index is -1.82. The number of aliphatic hydroxyl groups is 2. The van der Waals surface area contributed by atoms with Gasteiger partial charge in [-0.2, -0.15) is 0 Å². The molecule has 0 bridgehead atoms. The van der Waals surface area contributed by atoms with Crippen LogP contribution in [0.2, 0.25) is 0 Å². The van der Waals surface area contributed by atoms with Gasteiger partial charge in [0.1, 0.15) is 18.5 Å². The molecule has 46 heavy (non-hydrogen) atoms. The summed E-state index contributed by atoms with van der Waals surface area (Å²) < 4.78 is 21.5. The lowest BCUT2D eigenvalue weighted by atomic mass is 9.82. The number of nitrogens with one attached hydrogen (secondary N) is 1. The Bertz CT molecular complexity index is 1320. The minimum Gasteiger partial charge on any atom is -0.493 e. The van der Waals surface area contributed by atoms with Crippen molar-refractivity contribution >= 4 is 29.9 Å². The minimum absolute atomic E-state index is 0.0903. The third kappa shape index (κ3) is 10.6. The van der Waals surface area contributed by atoms with E-state index in [0.717, 1.165) is 5.56 Å². The number of benzene rings is 1. The molecule has 0 saturated carbocycles. The van der Waals surface area contributed by atoms with Gasteiger partial charge in [0.05, 0.1) is 30.9 Å². The Labute approximate surface area is 268 Å². The van der Waals surface area contributed by atoms with Crippen LogP contribution in [0.3, 0.4) is 0 Å². The highest BCUT2D eigenvalue weighted by Gasteiger charge is 2.40. The first-order valence-corrected chi connectivity index (χ1v) is 15.0. The lowest BCUT2D eigenvalue weighted by molar-refractivity contribution is -0.164. The summed E-state index contributed by atoms with van der Waals surface area (Å²) in [4.78, 5) is 67.8. The lowest BCUT2D eigenvalue weighted by Crippen LogP contribution is -2.51. The van der Waals surface area contributed by atoms with Crippen molar-refractivity contribution in [1.29, 1.82) is 0 Å². The number of nitrogens with zero attached hydrogens (tertiary/aromatic N) is 1. The number of aliphatic hydroxyl groups excluding tert-OH is 2. The number of esters is 2. The highest BCUT2D eigenvalue weighted by atomic mass is 16.7. The summed E-state index contributed by atoms with van der Waals surface area (Å²) in [6.07, 6.45) is -1.21. The van der Waals surface area contributed by atoms with Crippen molar-refractivity contribution in [1.82, 2.24) is 10.3 Å². The fourth-order valence-electron chi connectivity index (χ4n) is 4.47. The van der Waals surface area contributed by atoms with E-state index in [9.17, 15) is 34.2 Å². The van der Waals surface area contributed by atoms with E-state index >= 15 is 0 Å². The van der Waals surface area contributed by atoms with Crippen LogP contribution < -0.4 is 14.8 Å². The molecule has 13 nitrogen and oxygen atoms in total. The first kappa shape index (κ1) is 37.8. The predicted octanol–water partition coefficient (Wildman–Crippen LogP) is 2.30. The number of carbonyl (C=O) groups is 5. The number of carbonyl (C=O) groups excluding carboxylic acids is 5. The van der Waals surface area contributed by atoms with E-state index in [2.05, 4.69) is 10.3 Å². The molecule has 1 amide bonds. The molecule has 252 valence electrons. The van der Waals surface area contributed by atoms with E-state index in [-0.39, 0.29) is 30.0 Å². The lowest BCUT2D eigenvalue weighted by Gasteiger charge is -2.33. The maximum Gasteiger partial charge on any atom is 0.311 e. The summed E-state index contributed by atoms with van der Waals surface area (Å²) in [6, 6.07) is 9.00. The zero-order chi connectivity index (χ0) is 34.4. The van der Waals surface area contributed by atoms with Crippen LogP contribution >= 0.6 is 0 Å². The predicted molar refractivity (Wildman–Crippen MR) is 165 cm³/mol. The fourth-order valence-corrected chi connectivity index (χ4v) is 4.47. The number of rotatable bonds is 19. The molecule has 1 aromatic carbocycles. The van der Waals surface area contributed by atoms with Crippen molar-refractivity contribution in [2.45, 2.75) is 65.7 Å². The summed E-state index contributed by atoms with van der Waals surface area (Å²) in [5, 5.41) is 23.4. The molecule has 0 aliphatic rings. The van der Waals surface area contributed by atoms with E-state index in [1.807, 2.05) is 6.07 Å². The maximum absolute atomic E-state index is 13.6. The van der Waals surface area contributed by atoms with Crippen molar-refractivity contribution in [3.05, 3.63) is 53.9 Å². The highest BCUT2D eigenvalue weighted by Crippen LogP contribution is 2.30. The van der Waals surface area contributed by atoms with Crippen LogP contribution in [0.4, 0.5) is 0 Å². The van der Waals surface area contributed by atoms with Crippen molar-refractivity contribution in [2.75, 3.05) is 20.5 Å². The number of Topliss-reactive ketones (excluding diaryl/α,β-unsaturated/α-hetero) is 1. The quantitative estimate of drug-likeness (QED) is 0.115. The van der Waals surface area contributed by atoms with Gasteiger partial charge in [-0.15, -0.1) is 0 Å². The first-order chi connectivity index (χ1) is 21.9. The monoisotopic (exact) mass is 644 g/mol. The third-order valence-electron chi connectivity index (χ3n) is 7.19. The van der Waals surface area contributed by atoms with E-state index in [1.54, 1.807) is 52.0 Å². The number of aldehydes is 1. The molecule has 1 aromatic heterocycles. The summed E-state index contributed by atoms with van der Waals surface area (Å²) in [5.41, 5.74) is 0.470. The van der Waals surface area contributed by atoms with Gasteiger partial charge in [-0.05, 0) is 18.4 Å². The second-order valence-corrected chi connectivity index (χ2v) is 11.4. The van der Waals surface area contributed by atoms with E-state index in [1.165, 1.54) is 26.3 Å². The molecular formula is C33H44N2O11. The fraction of sp³-hybridized carbons (Fsp3) is 0.515. The summed E-state index contributed by atoms with van der Waals surface area (Å²) >= 11 is 0. The molecule has 0 aliphatic carbocycles. The molecule has 0 radical (unpaired) electrons. The van der Waals surface area contributed by atoms with Crippen molar-refractivity contribution < 1.29 is 53.1 Å². The first-order valence-electron chi connectivity index (χ1n) is 15.0. The van der Waals surface area contributed by atoms with Crippen LogP contribution in [0.5, 0.6) is 11.5 Å². The van der Waals surface area contributed by atoms with Crippen molar-refractivity contribution in [3.8, 4) is 11.5 Å². The standard InChI is InChI=1S/C33H44N2O11/c1-19(2)32(41)45-18-44-30-25(43-6)12-14-34-26(30)31(40)35-24(13-15-36)28(39)27(38)21(5)29(46-33(42)20(3)4)23(17-37)16-22-10-8-7-9-11-22/h7-12,14,17,19-21,23-24,27,29,36,38H,13,15-16,18H2,1-6H3,(H,35,40)/t21-,23-,24-,27?,29+/m0/s1. The number of aromatic nitrogens is 1. The Kier molecular flexibility index (Phi) is 15.3. The Morgan fingerprint density at radius 1 is 0.978 bits per heavy atom. The summed E-state index contributed by atoms with van der Waals surface area (Å²) in [6.45, 7) is 6.89. The zero-order valence-corrected chi connectivity index (χ0v) is 27.0. The molecular weight excluding hydrogens is 600 g/mol. The highest BCUT2D eigenvalue weighted by molar-refractivity contribution is 6.00. The van der Waals surface area contributed by atoms with Gasteiger partial charge in [0.15, 0.2) is 23.0 Å².